The molecule has 1 N–H and O–H groups in total. The summed E-state index contributed by atoms with van der Waals surface area (Å²) in [5, 5.41) is 4.54. The van der Waals surface area contributed by atoms with E-state index in [1.165, 1.54) is 25.7 Å². The summed E-state index contributed by atoms with van der Waals surface area (Å²) in [6.45, 7) is 3.54. The lowest BCUT2D eigenvalue weighted by Gasteiger charge is -2.33. The first-order chi connectivity index (χ1) is 7.83. The number of hydrogen-bond donors (Lipinski definition) is 1. The summed E-state index contributed by atoms with van der Waals surface area (Å²) in [5.74, 6) is 1.87. The van der Waals surface area contributed by atoms with Crippen LogP contribution in [0.5, 0.6) is 0 Å². The normalized spacial score (nSPS) is 37.8. The Bertz CT molecular complexity index is 278. The third-order valence-corrected chi connectivity index (χ3v) is 4.72. The number of morpholine rings is 1. The summed E-state index contributed by atoms with van der Waals surface area (Å²) in [5.41, 5.74) is 0. The lowest BCUT2D eigenvalue weighted by atomic mass is 9.95. The van der Waals surface area contributed by atoms with E-state index >= 15 is 0 Å². The van der Waals surface area contributed by atoms with Gasteiger partial charge in [0.25, 0.3) is 0 Å². The molecule has 3 atom stereocenters. The van der Waals surface area contributed by atoms with Gasteiger partial charge >= 0.3 is 0 Å². The molecule has 0 radical (unpaired) electrons. The fraction of sp³-hybridized carbons (Fsp3) is 0.917. The highest BCUT2D eigenvalue weighted by Gasteiger charge is 2.40. The first-order valence-electron chi connectivity index (χ1n) is 6.46. The van der Waals surface area contributed by atoms with Crippen LogP contribution in [0, 0.1) is 11.8 Å². The minimum atomic E-state index is 0.661. The molecule has 2 saturated carbocycles. The fourth-order valence-corrected chi connectivity index (χ4v) is 3.77. The molecule has 3 rings (SSSR count). The van der Waals surface area contributed by atoms with Gasteiger partial charge in [-0.15, -0.1) is 0 Å². The maximum atomic E-state index is 5.49. The zero-order valence-electron chi connectivity index (χ0n) is 9.65. The quantitative estimate of drug-likeness (QED) is 0.700. The van der Waals surface area contributed by atoms with Gasteiger partial charge in [-0.3, -0.25) is 0 Å². The van der Waals surface area contributed by atoms with Crippen LogP contribution < -0.4 is 5.32 Å². The van der Waals surface area contributed by atoms with E-state index in [9.17, 15) is 0 Å². The highest BCUT2D eigenvalue weighted by Crippen LogP contribution is 2.44. The monoisotopic (exact) mass is 240 g/mol. The van der Waals surface area contributed by atoms with Crippen molar-refractivity contribution in [1.82, 2.24) is 10.2 Å². The van der Waals surface area contributed by atoms with E-state index in [1.807, 2.05) is 0 Å². The SMILES string of the molecule is S=C(NC1CC2CCC1C2)N1CCOCC1. The lowest BCUT2D eigenvalue weighted by molar-refractivity contribution is 0.0671. The molecule has 1 aliphatic heterocycles. The van der Waals surface area contributed by atoms with Gasteiger partial charge in [0.1, 0.15) is 0 Å². The Hall–Kier alpha value is -0.350. The summed E-state index contributed by atoms with van der Waals surface area (Å²) in [6, 6.07) is 0.661. The molecule has 4 heteroatoms. The average molecular weight is 240 g/mol. The van der Waals surface area contributed by atoms with Gasteiger partial charge in [-0.2, -0.15) is 0 Å². The molecule has 16 heavy (non-hydrogen) atoms. The molecule has 0 aromatic heterocycles. The fourth-order valence-electron chi connectivity index (χ4n) is 3.44. The van der Waals surface area contributed by atoms with Crippen LogP contribution in [0.4, 0.5) is 0 Å². The number of nitrogens with zero attached hydrogens (tertiary/aromatic N) is 1. The van der Waals surface area contributed by atoms with Crippen LogP contribution in [-0.2, 0) is 4.74 Å². The zero-order valence-corrected chi connectivity index (χ0v) is 10.5. The Morgan fingerprint density at radius 2 is 2.00 bits per heavy atom. The molecular formula is C12H20N2OS. The molecule has 0 amide bonds. The third kappa shape index (κ3) is 2.05. The molecule has 2 aliphatic carbocycles. The van der Waals surface area contributed by atoms with Crippen molar-refractivity contribution in [3.8, 4) is 0 Å². The number of thiocarbonyl (C=S) groups is 1. The maximum Gasteiger partial charge on any atom is 0.169 e. The van der Waals surface area contributed by atoms with Crippen molar-refractivity contribution in [3.63, 3.8) is 0 Å². The van der Waals surface area contributed by atoms with Crippen LogP contribution in [-0.4, -0.2) is 42.4 Å². The summed E-state index contributed by atoms with van der Waals surface area (Å²) in [6.07, 6.45) is 5.64. The van der Waals surface area contributed by atoms with E-state index < -0.39 is 0 Å². The van der Waals surface area contributed by atoms with Gasteiger partial charge in [-0.05, 0) is 43.3 Å². The number of hydrogen-bond acceptors (Lipinski definition) is 2. The van der Waals surface area contributed by atoms with E-state index in [0.29, 0.717) is 6.04 Å². The predicted molar refractivity (Wildman–Crippen MR) is 67.4 cm³/mol. The van der Waals surface area contributed by atoms with Gasteiger partial charge in [0, 0.05) is 19.1 Å². The largest absolute Gasteiger partial charge is 0.378 e. The number of fused-ring (bicyclic) bond motifs is 2. The van der Waals surface area contributed by atoms with Crippen molar-refractivity contribution in [1.29, 1.82) is 0 Å². The van der Waals surface area contributed by atoms with Crippen LogP contribution in [0.1, 0.15) is 25.7 Å². The summed E-state index contributed by atoms with van der Waals surface area (Å²) in [4.78, 5) is 2.25. The number of rotatable bonds is 1. The third-order valence-electron chi connectivity index (χ3n) is 4.35. The molecule has 90 valence electrons. The van der Waals surface area contributed by atoms with Crippen molar-refractivity contribution in [2.24, 2.45) is 11.8 Å². The van der Waals surface area contributed by atoms with Crippen molar-refractivity contribution >= 4 is 17.3 Å². The van der Waals surface area contributed by atoms with Crippen molar-refractivity contribution < 1.29 is 4.74 Å². The van der Waals surface area contributed by atoms with Gasteiger partial charge in [-0.25, -0.2) is 0 Å². The zero-order chi connectivity index (χ0) is 11.0. The standard InChI is InChI=1S/C12H20N2OS/c16-12(14-3-5-15-6-4-14)13-11-8-9-1-2-10(11)7-9/h9-11H,1-8H2,(H,13,16). The van der Waals surface area contributed by atoms with Crippen molar-refractivity contribution in [2.45, 2.75) is 31.7 Å². The molecule has 0 spiro atoms. The van der Waals surface area contributed by atoms with E-state index in [-0.39, 0.29) is 0 Å². The number of ether oxygens (including phenoxy) is 1. The molecule has 3 unspecified atom stereocenters. The molecule has 0 aromatic carbocycles. The minimum absolute atomic E-state index is 0.661. The second-order valence-electron chi connectivity index (χ2n) is 5.33. The van der Waals surface area contributed by atoms with Crippen LogP contribution in [0.25, 0.3) is 0 Å². The molecule has 1 heterocycles. The number of nitrogens with one attached hydrogen (secondary N) is 1. The Morgan fingerprint density at radius 1 is 1.19 bits per heavy atom. The van der Waals surface area contributed by atoms with Crippen molar-refractivity contribution in [2.75, 3.05) is 26.3 Å². The smallest absolute Gasteiger partial charge is 0.169 e. The van der Waals surface area contributed by atoms with E-state index in [0.717, 1.165) is 43.3 Å². The van der Waals surface area contributed by atoms with E-state index in [2.05, 4.69) is 10.2 Å². The second kappa shape index (κ2) is 4.49. The molecule has 3 nitrogen and oxygen atoms in total. The van der Waals surface area contributed by atoms with Crippen LogP contribution in [0.3, 0.4) is 0 Å². The first-order valence-corrected chi connectivity index (χ1v) is 6.87. The highest BCUT2D eigenvalue weighted by atomic mass is 32.1. The van der Waals surface area contributed by atoms with Gasteiger partial charge < -0.3 is 15.0 Å². The van der Waals surface area contributed by atoms with E-state index in [1.54, 1.807) is 0 Å². The van der Waals surface area contributed by atoms with Gasteiger partial charge in [0.2, 0.25) is 0 Å². The Kier molecular flexibility index (Phi) is 3.03. The topological polar surface area (TPSA) is 24.5 Å². The first kappa shape index (κ1) is 10.8. The van der Waals surface area contributed by atoms with Gasteiger partial charge in [0.15, 0.2) is 5.11 Å². The maximum absolute atomic E-state index is 5.49. The van der Waals surface area contributed by atoms with Crippen LogP contribution in [0.2, 0.25) is 0 Å². The Balaban J connectivity index is 1.52. The second-order valence-corrected chi connectivity index (χ2v) is 5.72. The van der Waals surface area contributed by atoms with Crippen LogP contribution in [0.15, 0.2) is 0 Å². The molecule has 2 bridgehead atoms. The Labute approximate surface area is 103 Å². The van der Waals surface area contributed by atoms with E-state index in [4.69, 9.17) is 17.0 Å². The highest BCUT2D eigenvalue weighted by molar-refractivity contribution is 7.80. The summed E-state index contributed by atoms with van der Waals surface area (Å²) >= 11 is 5.49. The predicted octanol–water partition coefficient (Wildman–Crippen LogP) is 1.38. The molecule has 3 fully saturated rings. The lowest BCUT2D eigenvalue weighted by Crippen LogP contribution is -2.50. The minimum Gasteiger partial charge on any atom is -0.378 e. The van der Waals surface area contributed by atoms with Gasteiger partial charge in [0.05, 0.1) is 13.2 Å². The summed E-state index contributed by atoms with van der Waals surface area (Å²) < 4.78 is 5.34. The van der Waals surface area contributed by atoms with Gasteiger partial charge in [-0.1, -0.05) is 6.42 Å². The molecule has 3 aliphatic rings. The van der Waals surface area contributed by atoms with Crippen LogP contribution >= 0.6 is 12.2 Å². The Morgan fingerprint density at radius 3 is 2.62 bits per heavy atom. The molecule has 1 saturated heterocycles. The molecular weight excluding hydrogens is 220 g/mol. The van der Waals surface area contributed by atoms with Crippen molar-refractivity contribution in [3.05, 3.63) is 0 Å². The summed E-state index contributed by atoms with van der Waals surface area (Å²) in [7, 11) is 0. The average Bonchev–Trinajstić information content (AvgIpc) is 2.92. The molecule has 0 aromatic rings.